The number of carbonyl (C=O) groups excluding carboxylic acids is 2. The Hall–Kier alpha value is -3.08. The SMILES string of the molecule is CCc1cccc(CNC(=O)C(CCC2CC2)NC(=O)c2[nH]c3ccccc3c2C)c1. The second-order valence-corrected chi connectivity index (χ2v) is 8.61. The van der Waals surface area contributed by atoms with Crippen LogP contribution in [0.25, 0.3) is 10.9 Å². The molecule has 1 heterocycles. The lowest BCUT2D eigenvalue weighted by atomic mass is 10.1. The Kier molecular flexibility index (Phi) is 6.40. The maximum absolute atomic E-state index is 13.0. The third kappa shape index (κ3) is 5.16. The summed E-state index contributed by atoms with van der Waals surface area (Å²) in [6, 6.07) is 15.6. The molecule has 0 spiro atoms. The first-order chi connectivity index (χ1) is 15.0. The van der Waals surface area contributed by atoms with E-state index in [0.29, 0.717) is 24.6 Å². The zero-order chi connectivity index (χ0) is 21.8. The number of fused-ring (bicyclic) bond motifs is 1. The molecule has 1 aliphatic carbocycles. The number of rotatable bonds is 9. The van der Waals surface area contributed by atoms with E-state index in [1.807, 2.05) is 43.3 Å². The Morgan fingerprint density at radius 2 is 1.87 bits per heavy atom. The highest BCUT2D eigenvalue weighted by Crippen LogP contribution is 2.34. The van der Waals surface area contributed by atoms with E-state index in [2.05, 4.69) is 34.7 Å². The molecule has 1 aromatic heterocycles. The third-order valence-electron chi connectivity index (χ3n) is 6.24. The average molecular weight is 418 g/mol. The van der Waals surface area contributed by atoms with Crippen LogP contribution in [0.1, 0.15) is 59.8 Å². The molecule has 5 nitrogen and oxygen atoms in total. The Morgan fingerprint density at radius 1 is 1.10 bits per heavy atom. The summed E-state index contributed by atoms with van der Waals surface area (Å²) in [6.45, 7) is 4.52. The van der Waals surface area contributed by atoms with E-state index in [9.17, 15) is 9.59 Å². The van der Waals surface area contributed by atoms with Gasteiger partial charge in [-0.1, -0.05) is 62.2 Å². The fraction of sp³-hybridized carbons (Fsp3) is 0.385. The van der Waals surface area contributed by atoms with Gasteiger partial charge < -0.3 is 15.6 Å². The van der Waals surface area contributed by atoms with Gasteiger partial charge >= 0.3 is 0 Å². The molecule has 3 N–H and O–H groups in total. The van der Waals surface area contributed by atoms with Gasteiger partial charge in [0.15, 0.2) is 0 Å². The summed E-state index contributed by atoms with van der Waals surface area (Å²) in [5.41, 5.74) is 4.69. The molecule has 0 radical (unpaired) electrons. The zero-order valence-electron chi connectivity index (χ0n) is 18.3. The third-order valence-corrected chi connectivity index (χ3v) is 6.24. The summed E-state index contributed by atoms with van der Waals surface area (Å²) in [5, 5.41) is 7.05. The number of aromatic nitrogens is 1. The molecule has 5 heteroatoms. The van der Waals surface area contributed by atoms with E-state index in [-0.39, 0.29) is 11.8 Å². The van der Waals surface area contributed by atoms with E-state index in [1.54, 1.807) is 0 Å². The predicted molar refractivity (Wildman–Crippen MR) is 124 cm³/mol. The van der Waals surface area contributed by atoms with E-state index >= 15 is 0 Å². The molecule has 1 atom stereocenters. The van der Waals surface area contributed by atoms with E-state index in [0.717, 1.165) is 34.9 Å². The van der Waals surface area contributed by atoms with Crippen molar-refractivity contribution >= 4 is 22.7 Å². The van der Waals surface area contributed by atoms with Crippen molar-refractivity contribution in [3.63, 3.8) is 0 Å². The highest BCUT2D eigenvalue weighted by Gasteiger charge is 2.27. The van der Waals surface area contributed by atoms with Gasteiger partial charge in [0, 0.05) is 17.4 Å². The lowest BCUT2D eigenvalue weighted by molar-refractivity contribution is -0.123. The molecule has 1 aliphatic rings. The molecule has 1 fully saturated rings. The smallest absolute Gasteiger partial charge is 0.268 e. The largest absolute Gasteiger partial charge is 0.350 e. The molecular formula is C26H31N3O2. The van der Waals surface area contributed by atoms with Gasteiger partial charge in [-0.3, -0.25) is 9.59 Å². The molecule has 162 valence electrons. The van der Waals surface area contributed by atoms with Crippen LogP contribution in [-0.4, -0.2) is 22.8 Å². The van der Waals surface area contributed by atoms with Gasteiger partial charge in [0.05, 0.1) is 0 Å². The van der Waals surface area contributed by atoms with Crippen molar-refractivity contribution in [3.05, 3.63) is 70.9 Å². The highest BCUT2D eigenvalue weighted by atomic mass is 16.2. The summed E-state index contributed by atoms with van der Waals surface area (Å²) in [6.07, 6.45) is 5.05. The van der Waals surface area contributed by atoms with Crippen molar-refractivity contribution in [1.29, 1.82) is 0 Å². The maximum atomic E-state index is 13.0. The molecule has 2 aromatic carbocycles. The Morgan fingerprint density at radius 3 is 2.61 bits per heavy atom. The number of para-hydroxylation sites is 1. The number of hydrogen-bond donors (Lipinski definition) is 3. The van der Waals surface area contributed by atoms with Crippen LogP contribution in [0.3, 0.4) is 0 Å². The summed E-state index contributed by atoms with van der Waals surface area (Å²) in [4.78, 5) is 29.2. The normalized spacial score (nSPS) is 14.4. The first-order valence-electron chi connectivity index (χ1n) is 11.3. The second kappa shape index (κ2) is 9.38. The number of carbonyl (C=O) groups is 2. The molecule has 0 aliphatic heterocycles. The summed E-state index contributed by atoms with van der Waals surface area (Å²) in [7, 11) is 0. The number of amides is 2. The van der Waals surface area contributed by atoms with Crippen LogP contribution in [-0.2, 0) is 17.8 Å². The lowest BCUT2D eigenvalue weighted by Gasteiger charge is -2.19. The van der Waals surface area contributed by atoms with Gasteiger partial charge in [-0.05, 0) is 54.9 Å². The van der Waals surface area contributed by atoms with E-state index in [1.165, 1.54) is 18.4 Å². The number of aromatic amines is 1. The molecule has 0 saturated heterocycles. The standard InChI is InChI=1S/C26H31N3O2/c1-3-18-7-6-8-20(15-18)16-27-25(30)23(14-13-19-11-12-19)29-26(31)24-17(2)21-9-4-5-10-22(21)28-24/h4-10,15,19,23,28H,3,11-14,16H2,1-2H3,(H,27,30)(H,29,31). The quantitative estimate of drug-likeness (QED) is 0.474. The Labute approximate surface area is 183 Å². The summed E-state index contributed by atoms with van der Waals surface area (Å²) < 4.78 is 0. The van der Waals surface area contributed by atoms with Crippen LogP contribution in [0.5, 0.6) is 0 Å². The first-order valence-corrected chi connectivity index (χ1v) is 11.3. The summed E-state index contributed by atoms with van der Waals surface area (Å²) >= 11 is 0. The van der Waals surface area contributed by atoms with Gasteiger partial charge in [0.25, 0.3) is 5.91 Å². The van der Waals surface area contributed by atoms with Crippen molar-refractivity contribution in [3.8, 4) is 0 Å². The van der Waals surface area contributed by atoms with E-state index in [4.69, 9.17) is 0 Å². The predicted octanol–water partition coefficient (Wildman–Crippen LogP) is 4.64. The number of aryl methyl sites for hydroxylation is 2. The number of nitrogens with one attached hydrogen (secondary N) is 3. The first kappa shape index (κ1) is 21.2. The van der Waals surface area contributed by atoms with Crippen LogP contribution in [0.4, 0.5) is 0 Å². The minimum atomic E-state index is -0.534. The van der Waals surface area contributed by atoms with Crippen LogP contribution < -0.4 is 10.6 Å². The fourth-order valence-corrected chi connectivity index (χ4v) is 4.09. The van der Waals surface area contributed by atoms with E-state index < -0.39 is 6.04 Å². The highest BCUT2D eigenvalue weighted by molar-refractivity contribution is 6.02. The van der Waals surface area contributed by atoms with Crippen LogP contribution in [0.15, 0.2) is 48.5 Å². The van der Waals surface area contributed by atoms with Crippen LogP contribution >= 0.6 is 0 Å². The fourth-order valence-electron chi connectivity index (χ4n) is 4.09. The van der Waals surface area contributed by atoms with Crippen LogP contribution in [0, 0.1) is 12.8 Å². The minimum Gasteiger partial charge on any atom is -0.350 e. The lowest BCUT2D eigenvalue weighted by Crippen LogP contribution is -2.46. The topological polar surface area (TPSA) is 74.0 Å². The molecule has 0 bridgehead atoms. The molecule has 4 rings (SSSR count). The number of benzene rings is 2. The van der Waals surface area contributed by atoms with Gasteiger partial charge in [-0.15, -0.1) is 0 Å². The molecule has 1 unspecified atom stereocenters. The number of H-pyrrole nitrogens is 1. The van der Waals surface area contributed by atoms with Crippen molar-refractivity contribution in [2.24, 2.45) is 5.92 Å². The molecule has 3 aromatic rings. The van der Waals surface area contributed by atoms with Crippen molar-refractivity contribution in [2.75, 3.05) is 0 Å². The average Bonchev–Trinajstić information content (AvgIpc) is 3.57. The number of hydrogen-bond acceptors (Lipinski definition) is 2. The van der Waals surface area contributed by atoms with Crippen molar-refractivity contribution < 1.29 is 9.59 Å². The molecular weight excluding hydrogens is 386 g/mol. The monoisotopic (exact) mass is 417 g/mol. The van der Waals surface area contributed by atoms with Gasteiger partial charge in [0.2, 0.25) is 5.91 Å². The Bertz CT molecular complexity index is 1080. The van der Waals surface area contributed by atoms with Crippen molar-refractivity contribution in [2.45, 2.75) is 58.5 Å². The van der Waals surface area contributed by atoms with Crippen LogP contribution in [0.2, 0.25) is 0 Å². The van der Waals surface area contributed by atoms with Crippen molar-refractivity contribution in [1.82, 2.24) is 15.6 Å². The summed E-state index contributed by atoms with van der Waals surface area (Å²) in [5.74, 6) is 0.352. The maximum Gasteiger partial charge on any atom is 0.268 e. The molecule has 1 saturated carbocycles. The molecule has 2 amide bonds. The second-order valence-electron chi connectivity index (χ2n) is 8.61. The van der Waals surface area contributed by atoms with Gasteiger partial charge in [-0.25, -0.2) is 0 Å². The van der Waals surface area contributed by atoms with Gasteiger partial charge in [-0.2, -0.15) is 0 Å². The minimum absolute atomic E-state index is 0.121. The zero-order valence-corrected chi connectivity index (χ0v) is 18.3. The van der Waals surface area contributed by atoms with Gasteiger partial charge in [0.1, 0.15) is 11.7 Å². The molecule has 31 heavy (non-hydrogen) atoms. The Balaban J connectivity index is 1.45.